The van der Waals surface area contributed by atoms with Gasteiger partial charge in [-0.2, -0.15) is 0 Å². The summed E-state index contributed by atoms with van der Waals surface area (Å²) in [6, 6.07) is -0.131. The molecular weight excluding hydrogens is 220 g/mol. The number of likely N-dealkylation sites (tertiary alicyclic amines) is 1. The van der Waals surface area contributed by atoms with E-state index in [1.807, 2.05) is 0 Å². The fraction of sp³-hybridized carbons (Fsp3) is 0.833. The van der Waals surface area contributed by atoms with Gasteiger partial charge in [-0.15, -0.1) is 0 Å². The first-order chi connectivity index (χ1) is 7.98. The Balaban J connectivity index is 2.48. The maximum atomic E-state index is 11.9. The maximum absolute atomic E-state index is 11.9. The largest absolute Gasteiger partial charge is 0.481 e. The molecule has 0 bridgehead atoms. The van der Waals surface area contributed by atoms with Crippen molar-refractivity contribution in [1.29, 1.82) is 0 Å². The minimum absolute atomic E-state index is 0.131. The van der Waals surface area contributed by atoms with Crippen LogP contribution in [0.15, 0.2) is 0 Å². The number of carboxylic acids is 1. The normalized spacial score (nSPS) is 16.5. The molecule has 0 atom stereocenters. The number of carbonyl (C=O) groups is 2. The maximum Gasteiger partial charge on any atom is 0.317 e. The van der Waals surface area contributed by atoms with Gasteiger partial charge >= 0.3 is 12.0 Å². The molecule has 1 saturated heterocycles. The fourth-order valence-corrected chi connectivity index (χ4v) is 2.12. The van der Waals surface area contributed by atoms with E-state index in [-0.39, 0.29) is 17.5 Å². The predicted molar refractivity (Wildman–Crippen MR) is 64.8 cm³/mol. The Kier molecular flexibility index (Phi) is 4.37. The first-order valence-corrected chi connectivity index (χ1v) is 6.28. The van der Waals surface area contributed by atoms with E-state index in [2.05, 4.69) is 26.1 Å². The van der Waals surface area contributed by atoms with Crippen LogP contribution in [0.5, 0.6) is 0 Å². The van der Waals surface area contributed by atoms with Crippen molar-refractivity contribution in [2.24, 2.45) is 5.92 Å². The summed E-state index contributed by atoms with van der Waals surface area (Å²) < 4.78 is 0. The first kappa shape index (κ1) is 13.8. The number of carboxylic acid groups (broad SMARTS) is 1. The molecule has 1 fully saturated rings. The van der Waals surface area contributed by atoms with Gasteiger partial charge in [-0.05, 0) is 19.3 Å². The van der Waals surface area contributed by atoms with Crippen LogP contribution in [0.3, 0.4) is 0 Å². The van der Waals surface area contributed by atoms with Crippen molar-refractivity contribution in [3.05, 3.63) is 0 Å². The Bertz CT molecular complexity index is 286. The summed E-state index contributed by atoms with van der Waals surface area (Å²) in [5, 5.41) is 11.8. The molecule has 0 aromatic rings. The van der Waals surface area contributed by atoms with E-state index in [4.69, 9.17) is 5.11 Å². The topological polar surface area (TPSA) is 69.6 Å². The van der Waals surface area contributed by atoms with E-state index >= 15 is 0 Å². The monoisotopic (exact) mass is 242 g/mol. The smallest absolute Gasteiger partial charge is 0.317 e. The molecule has 0 radical (unpaired) electrons. The summed E-state index contributed by atoms with van der Waals surface area (Å²) in [6.45, 7) is 6.83. The number of amides is 2. The Labute approximate surface area is 102 Å². The van der Waals surface area contributed by atoms with Gasteiger partial charge in [0.05, 0.1) is 5.92 Å². The van der Waals surface area contributed by atoms with Gasteiger partial charge in [0.25, 0.3) is 0 Å². The lowest BCUT2D eigenvalue weighted by Gasteiger charge is -2.40. The summed E-state index contributed by atoms with van der Waals surface area (Å²) in [7, 11) is 0. The number of hydrogen-bond acceptors (Lipinski definition) is 2. The molecule has 1 aliphatic heterocycles. The average Bonchev–Trinajstić information content (AvgIpc) is 2.23. The summed E-state index contributed by atoms with van der Waals surface area (Å²) in [4.78, 5) is 24.1. The molecule has 2 amide bonds. The minimum atomic E-state index is -0.818. The van der Waals surface area contributed by atoms with Gasteiger partial charge in [0.15, 0.2) is 0 Å². The highest BCUT2D eigenvalue weighted by Crippen LogP contribution is 2.22. The highest BCUT2D eigenvalue weighted by Gasteiger charge is 2.37. The number of hydrogen-bond donors (Lipinski definition) is 2. The van der Waals surface area contributed by atoms with Crippen LogP contribution in [-0.4, -0.2) is 40.6 Å². The van der Waals surface area contributed by atoms with Gasteiger partial charge < -0.3 is 15.3 Å². The molecule has 0 aromatic heterocycles. The van der Waals surface area contributed by atoms with Gasteiger partial charge in [0.2, 0.25) is 0 Å². The van der Waals surface area contributed by atoms with E-state index < -0.39 is 5.97 Å². The number of aliphatic carboxylic acids is 1. The molecule has 98 valence electrons. The molecule has 0 aliphatic carbocycles. The van der Waals surface area contributed by atoms with Gasteiger partial charge in [0.1, 0.15) is 0 Å². The second kappa shape index (κ2) is 5.38. The van der Waals surface area contributed by atoms with Crippen LogP contribution in [0.4, 0.5) is 4.79 Å². The second-order valence-corrected chi connectivity index (χ2v) is 4.71. The molecule has 0 aromatic carbocycles. The number of nitrogens with zero attached hydrogens (tertiary/aromatic N) is 1. The quantitative estimate of drug-likeness (QED) is 0.770. The fourth-order valence-electron chi connectivity index (χ4n) is 2.12. The van der Waals surface area contributed by atoms with Crippen LogP contribution < -0.4 is 5.32 Å². The van der Waals surface area contributed by atoms with E-state index in [9.17, 15) is 9.59 Å². The van der Waals surface area contributed by atoms with Gasteiger partial charge in [-0.3, -0.25) is 4.79 Å². The number of nitrogens with one attached hydrogen (secondary N) is 1. The number of urea groups is 1. The summed E-state index contributed by atoms with van der Waals surface area (Å²) in [5.41, 5.74) is -0.147. The Morgan fingerprint density at radius 3 is 2.06 bits per heavy atom. The highest BCUT2D eigenvalue weighted by atomic mass is 16.4. The van der Waals surface area contributed by atoms with Crippen LogP contribution in [0, 0.1) is 5.92 Å². The number of rotatable bonds is 5. The molecule has 0 spiro atoms. The standard InChI is InChI=1S/C12H22N2O3/c1-4-12(5-2,6-3)13-11(17)14-7-9(8-14)10(15)16/h9H,4-8H2,1-3H3,(H,13,17)(H,15,16). The molecule has 5 nitrogen and oxygen atoms in total. The van der Waals surface area contributed by atoms with Gasteiger partial charge in [0, 0.05) is 18.6 Å². The van der Waals surface area contributed by atoms with Crippen molar-refractivity contribution in [3.8, 4) is 0 Å². The Hall–Kier alpha value is -1.26. The molecule has 5 heteroatoms. The first-order valence-electron chi connectivity index (χ1n) is 6.28. The molecule has 0 unspecified atom stereocenters. The van der Waals surface area contributed by atoms with Crippen LogP contribution in [-0.2, 0) is 4.79 Å². The predicted octanol–water partition coefficient (Wildman–Crippen LogP) is 1.68. The Morgan fingerprint density at radius 2 is 1.71 bits per heavy atom. The third-order valence-corrected chi connectivity index (χ3v) is 3.92. The van der Waals surface area contributed by atoms with Crippen LogP contribution in [0.2, 0.25) is 0 Å². The van der Waals surface area contributed by atoms with E-state index in [1.54, 1.807) is 4.90 Å². The van der Waals surface area contributed by atoms with E-state index in [0.29, 0.717) is 13.1 Å². The molecule has 17 heavy (non-hydrogen) atoms. The number of carbonyl (C=O) groups excluding carboxylic acids is 1. The SMILES string of the molecule is CCC(CC)(CC)NC(=O)N1CC(C(=O)O)C1. The molecule has 0 saturated carbocycles. The van der Waals surface area contributed by atoms with Crippen molar-refractivity contribution < 1.29 is 14.7 Å². The van der Waals surface area contributed by atoms with Crippen molar-refractivity contribution in [2.45, 2.75) is 45.6 Å². The molecule has 2 N–H and O–H groups in total. The van der Waals surface area contributed by atoms with Crippen LogP contribution >= 0.6 is 0 Å². The zero-order valence-corrected chi connectivity index (χ0v) is 10.8. The lowest BCUT2D eigenvalue weighted by atomic mass is 9.90. The van der Waals surface area contributed by atoms with Crippen LogP contribution in [0.25, 0.3) is 0 Å². The van der Waals surface area contributed by atoms with Gasteiger partial charge in [-0.1, -0.05) is 20.8 Å². The zero-order valence-electron chi connectivity index (χ0n) is 10.8. The average molecular weight is 242 g/mol. The Morgan fingerprint density at radius 1 is 1.24 bits per heavy atom. The molecule has 1 rings (SSSR count). The summed E-state index contributed by atoms with van der Waals surface area (Å²) in [5.74, 6) is -1.21. The summed E-state index contributed by atoms with van der Waals surface area (Å²) >= 11 is 0. The summed E-state index contributed by atoms with van der Waals surface area (Å²) in [6.07, 6.45) is 2.67. The third kappa shape index (κ3) is 2.90. The van der Waals surface area contributed by atoms with Crippen molar-refractivity contribution in [1.82, 2.24) is 10.2 Å². The third-order valence-electron chi connectivity index (χ3n) is 3.92. The zero-order chi connectivity index (χ0) is 13.1. The van der Waals surface area contributed by atoms with Crippen molar-refractivity contribution in [2.75, 3.05) is 13.1 Å². The lowest BCUT2D eigenvalue weighted by Crippen LogP contribution is -2.60. The van der Waals surface area contributed by atoms with Crippen molar-refractivity contribution in [3.63, 3.8) is 0 Å². The highest BCUT2D eigenvalue weighted by molar-refractivity contribution is 5.80. The second-order valence-electron chi connectivity index (χ2n) is 4.71. The minimum Gasteiger partial charge on any atom is -0.481 e. The van der Waals surface area contributed by atoms with E-state index in [0.717, 1.165) is 19.3 Å². The van der Waals surface area contributed by atoms with Crippen LogP contribution in [0.1, 0.15) is 40.0 Å². The molecule has 1 heterocycles. The molecule has 1 aliphatic rings. The van der Waals surface area contributed by atoms with E-state index in [1.165, 1.54) is 0 Å². The van der Waals surface area contributed by atoms with Crippen molar-refractivity contribution >= 4 is 12.0 Å². The van der Waals surface area contributed by atoms with Gasteiger partial charge in [-0.25, -0.2) is 4.79 Å². The lowest BCUT2D eigenvalue weighted by molar-refractivity contribution is -0.146. The molecular formula is C12H22N2O3.